The third-order valence-corrected chi connectivity index (χ3v) is 6.84. The molecule has 1 aliphatic carbocycles. The van der Waals surface area contributed by atoms with Gasteiger partial charge in [-0.1, -0.05) is 18.2 Å². The Morgan fingerprint density at radius 3 is 2.38 bits per heavy atom. The summed E-state index contributed by atoms with van der Waals surface area (Å²) in [6.07, 6.45) is 2.38. The van der Waals surface area contributed by atoms with Crippen LogP contribution in [0.2, 0.25) is 0 Å². The Bertz CT molecular complexity index is 955. The number of benzene rings is 2. The highest BCUT2D eigenvalue weighted by Crippen LogP contribution is 2.27. The van der Waals surface area contributed by atoms with E-state index < -0.39 is 10.0 Å². The lowest BCUT2D eigenvalue weighted by Gasteiger charge is -2.29. The molecular weight excluding hydrogens is 393 g/mol. The number of rotatable bonds is 6. The topological polar surface area (TPSA) is 101 Å². The summed E-state index contributed by atoms with van der Waals surface area (Å²) in [5.74, 6) is -0.531. The first-order valence-corrected chi connectivity index (χ1v) is 11.2. The van der Waals surface area contributed by atoms with Gasteiger partial charge in [0.1, 0.15) is 5.82 Å². The highest BCUT2D eigenvalue weighted by atomic mass is 32.2. The van der Waals surface area contributed by atoms with Crippen LogP contribution in [0.5, 0.6) is 0 Å². The number of carbonyl (C=O) groups excluding carboxylic acids is 1. The number of nitrogen functional groups attached to an aromatic ring is 1. The normalized spacial score (nSPS) is 20.8. The highest BCUT2D eigenvalue weighted by molar-refractivity contribution is 7.89. The Kier molecular flexibility index (Phi) is 6.54. The van der Waals surface area contributed by atoms with Gasteiger partial charge in [-0.15, -0.1) is 0 Å². The van der Waals surface area contributed by atoms with E-state index in [-0.39, 0.29) is 34.6 Å². The maximum Gasteiger partial charge on any atom is 0.240 e. The van der Waals surface area contributed by atoms with Crippen molar-refractivity contribution >= 4 is 21.6 Å². The monoisotopic (exact) mass is 419 g/mol. The van der Waals surface area contributed by atoms with Gasteiger partial charge in [0, 0.05) is 17.6 Å². The van der Waals surface area contributed by atoms with E-state index in [1.165, 1.54) is 24.3 Å². The molecule has 3 rings (SSSR count). The average molecular weight is 420 g/mol. The minimum Gasteiger partial charge on any atom is -0.399 e. The van der Waals surface area contributed by atoms with E-state index >= 15 is 0 Å². The molecular formula is C21H26FN3O3S. The van der Waals surface area contributed by atoms with Gasteiger partial charge < -0.3 is 11.1 Å². The van der Waals surface area contributed by atoms with Crippen molar-refractivity contribution in [3.8, 4) is 0 Å². The molecule has 0 saturated heterocycles. The first-order valence-electron chi connectivity index (χ1n) is 9.68. The Morgan fingerprint density at radius 2 is 1.76 bits per heavy atom. The van der Waals surface area contributed by atoms with Crippen LogP contribution >= 0.6 is 0 Å². The summed E-state index contributed by atoms with van der Waals surface area (Å²) in [4.78, 5) is 12.7. The molecule has 0 bridgehead atoms. The van der Waals surface area contributed by atoms with Gasteiger partial charge in [0.2, 0.25) is 15.9 Å². The van der Waals surface area contributed by atoms with Gasteiger partial charge in [-0.3, -0.25) is 4.79 Å². The molecule has 0 aromatic heterocycles. The van der Waals surface area contributed by atoms with Gasteiger partial charge in [-0.05, 0) is 68.5 Å². The lowest BCUT2D eigenvalue weighted by atomic mass is 9.85. The smallest absolute Gasteiger partial charge is 0.240 e. The highest BCUT2D eigenvalue weighted by Gasteiger charge is 2.29. The van der Waals surface area contributed by atoms with Crippen molar-refractivity contribution in [2.45, 2.75) is 49.6 Å². The van der Waals surface area contributed by atoms with Crippen LogP contribution in [-0.2, 0) is 14.8 Å². The molecule has 0 heterocycles. The molecule has 4 N–H and O–H groups in total. The molecule has 1 atom stereocenters. The number of hydrogen-bond donors (Lipinski definition) is 3. The van der Waals surface area contributed by atoms with Crippen LogP contribution in [-0.4, -0.2) is 20.4 Å². The molecule has 1 amide bonds. The van der Waals surface area contributed by atoms with E-state index in [0.717, 1.165) is 5.56 Å². The van der Waals surface area contributed by atoms with Crippen LogP contribution < -0.4 is 15.8 Å². The second-order valence-electron chi connectivity index (χ2n) is 7.52. The molecule has 1 fully saturated rings. The van der Waals surface area contributed by atoms with Gasteiger partial charge in [-0.2, -0.15) is 0 Å². The van der Waals surface area contributed by atoms with Crippen molar-refractivity contribution in [1.82, 2.24) is 10.0 Å². The number of carbonyl (C=O) groups is 1. The lowest BCUT2D eigenvalue weighted by molar-refractivity contribution is -0.126. The zero-order valence-electron chi connectivity index (χ0n) is 16.3. The number of nitrogens with one attached hydrogen (secondary N) is 2. The van der Waals surface area contributed by atoms with Gasteiger partial charge in [0.05, 0.1) is 10.9 Å². The fraction of sp³-hybridized carbons (Fsp3) is 0.381. The summed E-state index contributed by atoms with van der Waals surface area (Å²) >= 11 is 0. The Hall–Kier alpha value is -2.45. The lowest BCUT2D eigenvalue weighted by Crippen LogP contribution is -2.41. The summed E-state index contributed by atoms with van der Waals surface area (Å²) in [6, 6.07) is 11.8. The van der Waals surface area contributed by atoms with Crippen LogP contribution in [0.3, 0.4) is 0 Å². The summed E-state index contributed by atoms with van der Waals surface area (Å²) in [6.45, 7) is 1.86. The van der Waals surface area contributed by atoms with Crippen molar-refractivity contribution in [2.75, 3.05) is 5.73 Å². The zero-order chi connectivity index (χ0) is 21.0. The SMILES string of the molecule is C[C@@H](NC(=O)[C@H]1CC[C@H](NS(=O)(=O)c2cccc(N)c2)CC1)c1ccc(F)cc1. The number of sulfonamides is 1. The molecule has 156 valence electrons. The van der Waals surface area contributed by atoms with Crippen LogP contribution in [0, 0.1) is 11.7 Å². The van der Waals surface area contributed by atoms with E-state index in [9.17, 15) is 17.6 Å². The van der Waals surface area contributed by atoms with Crippen LogP contribution in [0.1, 0.15) is 44.2 Å². The largest absolute Gasteiger partial charge is 0.399 e. The minimum absolute atomic E-state index is 0.0565. The summed E-state index contributed by atoms with van der Waals surface area (Å²) in [7, 11) is -3.64. The second-order valence-corrected chi connectivity index (χ2v) is 9.24. The minimum atomic E-state index is -3.64. The van der Waals surface area contributed by atoms with Gasteiger partial charge in [0.15, 0.2) is 0 Å². The summed E-state index contributed by atoms with van der Waals surface area (Å²) < 4.78 is 40.8. The number of hydrogen-bond acceptors (Lipinski definition) is 4. The standard InChI is InChI=1S/C21H26FN3O3S/c1-14(15-5-9-17(22)10-6-15)24-21(26)16-7-11-19(12-8-16)25-29(27,28)20-4-2-3-18(23)13-20/h2-6,9-10,13-14,16,19,25H,7-8,11-12,23H2,1H3,(H,24,26)/t14-,16-,19-/m1/s1. The summed E-state index contributed by atoms with van der Waals surface area (Å²) in [5.41, 5.74) is 6.90. The third kappa shape index (κ3) is 5.55. The van der Waals surface area contributed by atoms with Crippen molar-refractivity contribution < 1.29 is 17.6 Å². The fourth-order valence-corrected chi connectivity index (χ4v) is 4.97. The number of anilines is 1. The molecule has 0 radical (unpaired) electrons. The fourth-order valence-electron chi connectivity index (χ4n) is 3.61. The molecule has 0 spiro atoms. The van der Waals surface area contributed by atoms with Gasteiger partial charge in [-0.25, -0.2) is 17.5 Å². The third-order valence-electron chi connectivity index (χ3n) is 5.32. The second kappa shape index (κ2) is 8.92. The Labute approximate surface area is 170 Å². The van der Waals surface area contributed by atoms with E-state index in [0.29, 0.717) is 31.4 Å². The predicted molar refractivity (Wildman–Crippen MR) is 110 cm³/mol. The maximum absolute atomic E-state index is 13.0. The van der Waals surface area contributed by atoms with Gasteiger partial charge in [0.25, 0.3) is 0 Å². The zero-order valence-corrected chi connectivity index (χ0v) is 17.1. The van der Waals surface area contributed by atoms with Crippen LogP contribution in [0.15, 0.2) is 53.4 Å². The molecule has 2 aromatic carbocycles. The van der Waals surface area contributed by atoms with E-state index in [4.69, 9.17) is 5.73 Å². The number of nitrogens with two attached hydrogens (primary N) is 1. The molecule has 6 nitrogen and oxygen atoms in total. The van der Waals surface area contributed by atoms with Gasteiger partial charge >= 0.3 is 0 Å². The molecule has 0 unspecified atom stereocenters. The molecule has 1 aliphatic rings. The first-order chi connectivity index (χ1) is 13.7. The number of halogens is 1. The predicted octanol–water partition coefficient (Wildman–Crippen LogP) is 3.12. The molecule has 2 aromatic rings. The number of amides is 1. The van der Waals surface area contributed by atoms with E-state index in [1.54, 1.807) is 24.3 Å². The quantitative estimate of drug-likeness (QED) is 0.626. The van der Waals surface area contributed by atoms with Crippen LogP contribution in [0.4, 0.5) is 10.1 Å². The van der Waals surface area contributed by atoms with Crippen molar-refractivity contribution in [1.29, 1.82) is 0 Å². The van der Waals surface area contributed by atoms with Crippen molar-refractivity contribution in [3.63, 3.8) is 0 Å². The van der Waals surface area contributed by atoms with Crippen molar-refractivity contribution in [2.24, 2.45) is 5.92 Å². The molecule has 1 saturated carbocycles. The molecule has 0 aliphatic heterocycles. The Morgan fingerprint density at radius 1 is 1.10 bits per heavy atom. The van der Waals surface area contributed by atoms with Crippen LogP contribution in [0.25, 0.3) is 0 Å². The summed E-state index contributed by atoms with van der Waals surface area (Å²) in [5, 5.41) is 2.97. The molecule has 8 heteroatoms. The Balaban J connectivity index is 1.52. The first kappa shape index (κ1) is 21.3. The molecule has 29 heavy (non-hydrogen) atoms. The average Bonchev–Trinajstić information content (AvgIpc) is 2.68. The van der Waals surface area contributed by atoms with E-state index in [2.05, 4.69) is 10.0 Å². The van der Waals surface area contributed by atoms with E-state index in [1.807, 2.05) is 6.92 Å². The maximum atomic E-state index is 13.0. The van der Waals surface area contributed by atoms with Crippen molar-refractivity contribution in [3.05, 3.63) is 59.9 Å².